The summed E-state index contributed by atoms with van der Waals surface area (Å²) >= 11 is 0. The molecule has 0 amide bonds. The SMILES string of the molecule is CCc1ccc2c(c1)C1(CCNCC1)OC2=O.Cl. The third-order valence-electron chi connectivity index (χ3n) is 3.90. The van der Waals surface area contributed by atoms with Crippen LogP contribution in [0.2, 0.25) is 0 Å². The molecule has 1 fully saturated rings. The normalized spacial score (nSPS) is 20.2. The summed E-state index contributed by atoms with van der Waals surface area (Å²) in [6.07, 6.45) is 2.77. The first-order valence-corrected chi connectivity index (χ1v) is 6.33. The number of ether oxygens (including phenoxy) is 1. The molecular formula is C14H18ClNO2. The van der Waals surface area contributed by atoms with Gasteiger partial charge in [0.05, 0.1) is 5.56 Å². The van der Waals surface area contributed by atoms with Crippen molar-refractivity contribution in [3.05, 3.63) is 34.9 Å². The Labute approximate surface area is 113 Å². The molecule has 18 heavy (non-hydrogen) atoms. The number of piperidine rings is 1. The number of hydrogen-bond acceptors (Lipinski definition) is 3. The summed E-state index contributed by atoms with van der Waals surface area (Å²) in [4.78, 5) is 11.9. The van der Waals surface area contributed by atoms with Crippen LogP contribution in [0.1, 0.15) is 41.3 Å². The van der Waals surface area contributed by atoms with Gasteiger partial charge in [0.2, 0.25) is 0 Å². The third kappa shape index (κ3) is 1.91. The highest BCUT2D eigenvalue weighted by molar-refractivity contribution is 5.94. The Bertz CT molecular complexity index is 467. The quantitative estimate of drug-likeness (QED) is 0.794. The van der Waals surface area contributed by atoms with Crippen molar-refractivity contribution in [2.45, 2.75) is 31.8 Å². The minimum atomic E-state index is -0.344. The van der Waals surface area contributed by atoms with Crippen molar-refractivity contribution in [2.24, 2.45) is 0 Å². The molecular weight excluding hydrogens is 250 g/mol. The first kappa shape index (κ1) is 13.4. The van der Waals surface area contributed by atoms with Gasteiger partial charge in [-0.2, -0.15) is 0 Å². The molecule has 0 bridgehead atoms. The molecule has 2 heterocycles. The Balaban J connectivity index is 0.00000120. The second-order valence-electron chi connectivity index (χ2n) is 4.87. The summed E-state index contributed by atoms with van der Waals surface area (Å²) in [6, 6.07) is 6.11. The maximum atomic E-state index is 11.9. The number of carbonyl (C=O) groups is 1. The van der Waals surface area contributed by atoms with Crippen molar-refractivity contribution in [3.8, 4) is 0 Å². The van der Waals surface area contributed by atoms with Crippen LogP contribution >= 0.6 is 12.4 Å². The van der Waals surface area contributed by atoms with E-state index < -0.39 is 0 Å². The molecule has 0 atom stereocenters. The van der Waals surface area contributed by atoms with Gasteiger partial charge in [0.25, 0.3) is 0 Å². The van der Waals surface area contributed by atoms with Gasteiger partial charge in [-0.3, -0.25) is 0 Å². The monoisotopic (exact) mass is 267 g/mol. The molecule has 0 aromatic heterocycles. The van der Waals surface area contributed by atoms with E-state index in [2.05, 4.69) is 18.3 Å². The standard InChI is InChI=1S/C14H17NO2.ClH/c1-2-10-3-4-11-12(9-10)14(17-13(11)16)5-7-15-8-6-14;/h3-4,9,15H,2,5-8H2,1H3;1H. The zero-order valence-corrected chi connectivity index (χ0v) is 11.3. The number of nitrogens with one attached hydrogen (secondary N) is 1. The molecule has 2 aliphatic rings. The second-order valence-corrected chi connectivity index (χ2v) is 4.87. The molecule has 3 rings (SSSR count). The summed E-state index contributed by atoms with van der Waals surface area (Å²) in [5, 5.41) is 3.32. The van der Waals surface area contributed by atoms with Crippen molar-refractivity contribution in [3.63, 3.8) is 0 Å². The zero-order valence-electron chi connectivity index (χ0n) is 10.5. The highest BCUT2D eigenvalue weighted by Gasteiger charge is 2.45. The van der Waals surface area contributed by atoms with Crippen LogP contribution in [0, 0.1) is 0 Å². The second kappa shape index (κ2) is 4.90. The van der Waals surface area contributed by atoms with Crippen LogP contribution in [-0.2, 0) is 16.8 Å². The lowest BCUT2D eigenvalue weighted by atomic mass is 9.83. The predicted molar refractivity (Wildman–Crippen MR) is 72.3 cm³/mol. The number of fused-ring (bicyclic) bond motifs is 2. The molecule has 0 radical (unpaired) electrons. The maximum Gasteiger partial charge on any atom is 0.339 e. The Morgan fingerprint density at radius 3 is 2.72 bits per heavy atom. The molecule has 1 aromatic rings. The molecule has 98 valence electrons. The van der Waals surface area contributed by atoms with E-state index >= 15 is 0 Å². The number of carbonyl (C=O) groups excluding carboxylic acids is 1. The smallest absolute Gasteiger partial charge is 0.339 e. The largest absolute Gasteiger partial charge is 0.450 e. The fraction of sp³-hybridized carbons (Fsp3) is 0.500. The fourth-order valence-electron chi connectivity index (χ4n) is 2.86. The summed E-state index contributed by atoms with van der Waals surface area (Å²) in [5.41, 5.74) is 2.82. The van der Waals surface area contributed by atoms with Crippen LogP contribution in [0.3, 0.4) is 0 Å². The van der Waals surface area contributed by atoms with Gasteiger partial charge in [0.1, 0.15) is 5.60 Å². The molecule has 3 nitrogen and oxygen atoms in total. The lowest BCUT2D eigenvalue weighted by Gasteiger charge is -2.33. The highest BCUT2D eigenvalue weighted by Crippen LogP contribution is 2.43. The number of aryl methyl sites for hydroxylation is 1. The molecule has 1 aromatic carbocycles. The van der Waals surface area contributed by atoms with Crippen LogP contribution in [0.5, 0.6) is 0 Å². The van der Waals surface area contributed by atoms with E-state index in [1.165, 1.54) is 5.56 Å². The minimum Gasteiger partial charge on any atom is -0.450 e. The molecule has 0 aliphatic carbocycles. The Morgan fingerprint density at radius 1 is 1.33 bits per heavy atom. The van der Waals surface area contributed by atoms with Crippen molar-refractivity contribution in [2.75, 3.05) is 13.1 Å². The Kier molecular flexibility index (Phi) is 3.64. The summed E-state index contributed by atoms with van der Waals surface area (Å²) in [7, 11) is 0. The molecule has 2 aliphatic heterocycles. The maximum absolute atomic E-state index is 11.9. The first-order valence-electron chi connectivity index (χ1n) is 6.33. The van der Waals surface area contributed by atoms with Gasteiger partial charge in [-0.25, -0.2) is 4.79 Å². The fourth-order valence-corrected chi connectivity index (χ4v) is 2.86. The van der Waals surface area contributed by atoms with E-state index in [1.807, 2.05) is 12.1 Å². The molecule has 1 N–H and O–H groups in total. The third-order valence-corrected chi connectivity index (χ3v) is 3.90. The van der Waals surface area contributed by atoms with E-state index in [4.69, 9.17) is 4.74 Å². The van der Waals surface area contributed by atoms with Gasteiger partial charge in [0, 0.05) is 18.4 Å². The predicted octanol–water partition coefficient (Wildman–Crippen LogP) is 2.42. The first-order chi connectivity index (χ1) is 8.25. The zero-order chi connectivity index (χ0) is 11.9. The van der Waals surface area contributed by atoms with Gasteiger partial charge < -0.3 is 10.1 Å². The lowest BCUT2D eigenvalue weighted by Crippen LogP contribution is -2.40. The topological polar surface area (TPSA) is 38.3 Å². The number of esters is 1. The van der Waals surface area contributed by atoms with Crippen molar-refractivity contribution in [1.29, 1.82) is 0 Å². The van der Waals surface area contributed by atoms with E-state index in [0.717, 1.165) is 43.5 Å². The molecule has 0 saturated carbocycles. The van der Waals surface area contributed by atoms with E-state index in [-0.39, 0.29) is 24.0 Å². The van der Waals surface area contributed by atoms with Crippen LogP contribution in [0.25, 0.3) is 0 Å². The van der Waals surface area contributed by atoms with Gasteiger partial charge >= 0.3 is 5.97 Å². The van der Waals surface area contributed by atoms with E-state index in [0.29, 0.717) is 0 Å². The highest BCUT2D eigenvalue weighted by atomic mass is 35.5. The average molecular weight is 268 g/mol. The molecule has 4 heteroatoms. The summed E-state index contributed by atoms with van der Waals surface area (Å²) in [5.74, 6) is -0.149. The number of rotatable bonds is 1. The van der Waals surface area contributed by atoms with E-state index in [1.54, 1.807) is 0 Å². The molecule has 1 spiro atoms. The summed E-state index contributed by atoms with van der Waals surface area (Å²) < 4.78 is 5.68. The van der Waals surface area contributed by atoms with Crippen molar-refractivity contribution in [1.82, 2.24) is 5.32 Å². The van der Waals surface area contributed by atoms with Crippen LogP contribution < -0.4 is 5.32 Å². The molecule has 1 saturated heterocycles. The van der Waals surface area contributed by atoms with Crippen LogP contribution in [0.15, 0.2) is 18.2 Å². The van der Waals surface area contributed by atoms with E-state index in [9.17, 15) is 4.79 Å². The van der Waals surface area contributed by atoms with Gasteiger partial charge in [-0.15, -0.1) is 12.4 Å². The lowest BCUT2D eigenvalue weighted by molar-refractivity contribution is -0.0242. The number of hydrogen-bond donors (Lipinski definition) is 1. The van der Waals surface area contributed by atoms with Crippen molar-refractivity contribution >= 4 is 18.4 Å². The Morgan fingerprint density at radius 2 is 2.06 bits per heavy atom. The van der Waals surface area contributed by atoms with Crippen LogP contribution in [0.4, 0.5) is 0 Å². The van der Waals surface area contributed by atoms with Gasteiger partial charge in [-0.1, -0.05) is 19.1 Å². The van der Waals surface area contributed by atoms with Gasteiger partial charge in [0.15, 0.2) is 0 Å². The van der Waals surface area contributed by atoms with Crippen molar-refractivity contribution < 1.29 is 9.53 Å². The number of halogens is 1. The van der Waals surface area contributed by atoms with Gasteiger partial charge in [-0.05, 0) is 31.1 Å². The average Bonchev–Trinajstić information content (AvgIpc) is 2.63. The Hall–Kier alpha value is -1.06. The minimum absolute atomic E-state index is 0. The number of benzene rings is 1. The molecule has 0 unspecified atom stereocenters. The van der Waals surface area contributed by atoms with Crippen LogP contribution in [-0.4, -0.2) is 19.1 Å². The summed E-state index contributed by atoms with van der Waals surface area (Å²) in [6.45, 7) is 3.97.